The fraction of sp³-hybridized carbons (Fsp3) is 0.600. The predicted octanol–water partition coefficient (Wildman–Crippen LogP) is 0.972. The van der Waals surface area contributed by atoms with Crippen LogP contribution in [0.5, 0.6) is 0 Å². The van der Waals surface area contributed by atoms with Crippen LogP contribution >= 0.6 is 0 Å². The van der Waals surface area contributed by atoms with Crippen molar-refractivity contribution in [3.63, 3.8) is 0 Å². The van der Waals surface area contributed by atoms with Gasteiger partial charge in [-0.1, -0.05) is 13.0 Å². The van der Waals surface area contributed by atoms with Crippen molar-refractivity contribution in [1.29, 1.82) is 0 Å². The Morgan fingerprint density at radius 3 is 2.67 bits per heavy atom. The highest BCUT2D eigenvalue weighted by molar-refractivity contribution is 5.74. The average Bonchev–Trinajstić information content (AvgIpc) is 2.14. The number of amides is 2. The first kappa shape index (κ1) is 13.5. The summed E-state index contributed by atoms with van der Waals surface area (Å²) in [5.41, 5.74) is 0. The summed E-state index contributed by atoms with van der Waals surface area (Å²) < 4.78 is 0. The Morgan fingerprint density at radius 2 is 2.13 bits per heavy atom. The quantitative estimate of drug-likeness (QED) is 0.436. The van der Waals surface area contributed by atoms with Crippen LogP contribution in [0, 0.1) is 5.92 Å². The van der Waals surface area contributed by atoms with Gasteiger partial charge in [-0.05, 0) is 12.3 Å². The zero-order valence-electron chi connectivity index (χ0n) is 8.95. The first-order valence-electron chi connectivity index (χ1n) is 4.90. The molecule has 0 radical (unpaired) electrons. The second-order valence-corrected chi connectivity index (χ2v) is 3.42. The van der Waals surface area contributed by atoms with Crippen LogP contribution in [-0.4, -0.2) is 30.2 Å². The molecule has 5 nitrogen and oxygen atoms in total. The first-order chi connectivity index (χ1) is 7.06. The summed E-state index contributed by atoms with van der Waals surface area (Å²) in [4.78, 5) is 21.4. The summed E-state index contributed by atoms with van der Waals surface area (Å²) in [5, 5.41) is 13.7. The normalized spacial score (nSPS) is 11.5. The SMILES string of the molecule is C=CCCNC(=O)NCC(C)CC(=O)O. The molecule has 0 aliphatic heterocycles. The van der Waals surface area contributed by atoms with Crippen molar-refractivity contribution < 1.29 is 14.7 Å². The van der Waals surface area contributed by atoms with Crippen molar-refractivity contribution in [2.24, 2.45) is 5.92 Å². The number of carbonyl (C=O) groups excluding carboxylic acids is 1. The van der Waals surface area contributed by atoms with Crippen molar-refractivity contribution in [3.05, 3.63) is 12.7 Å². The van der Waals surface area contributed by atoms with Crippen LogP contribution in [0.3, 0.4) is 0 Å². The zero-order valence-corrected chi connectivity index (χ0v) is 8.95. The summed E-state index contributed by atoms with van der Waals surface area (Å²) in [6.45, 7) is 6.21. The van der Waals surface area contributed by atoms with Gasteiger partial charge in [0.2, 0.25) is 0 Å². The lowest BCUT2D eigenvalue weighted by Crippen LogP contribution is -2.38. The van der Waals surface area contributed by atoms with Gasteiger partial charge in [0.1, 0.15) is 0 Å². The summed E-state index contributed by atoms with van der Waals surface area (Å²) in [7, 11) is 0. The monoisotopic (exact) mass is 214 g/mol. The van der Waals surface area contributed by atoms with Gasteiger partial charge in [-0.3, -0.25) is 4.79 Å². The lowest BCUT2D eigenvalue weighted by molar-refractivity contribution is -0.137. The van der Waals surface area contributed by atoms with Gasteiger partial charge in [0.05, 0.1) is 0 Å². The molecule has 1 atom stereocenters. The highest BCUT2D eigenvalue weighted by Gasteiger charge is 2.08. The molecule has 1 unspecified atom stereocenters. The van der Waals surface area contributed by atoms with Crippen LogP contribution in [0.25, 0.3) is 0 Å². The van der Waals surface area contributed by atoms with Crippen LogP contribution in [0.15, 0.2) is 12.7 Å². The second kappa shape index (κ2) is 7.84. The molecular formula is C10H18N2O3. The molecule has 5 heteroatoms. The minimum Gasteiger partial charge on any atom is -0.481 e. The molecule has 0 aliphatic carbocycles. The molecule has 0 rings (SSSR count). The summed E-state index contributed by atoms with van der Waals surface area (Å²) in [5.74, 6) is -0.913. The summed E-state index contributed by atoms with van der Waals surface area (Å²) in [6.07, 6.45) is 2.50. The van der Waals surface area contributed by atoms with Crippen molar-refractivity contribution in [1.82, 2.24) is 10.6 Å². The molecule has 0 saturated carbocycles. The standard InChI is InChI=1S/C10H18N2O3/c1-3-4-5-11-10(15)12-7-8(2)6-9(13)14/h3,8H,1,4-7H2,2H3,(H,13,14)(H2,11,12,15). The van der Waals surface area contributed by atoms with Crippen molar-refractivity contribution in [2.45, 2.75) is 19.8 Å². The third kappa shape index (κ3) is 8.80. The number of hydrogen-bond acceptors (Lipinski definition) is 2. The van der Waals surface area contributed by atoms with E-state index in [1.54, 1.807) is 13.0 Å². The van der Waals surface area contributed by atoms with E-state index in [4.69, 9.17) is 5.11 Å². The Bertz CT molecular complexity index is 229. The van der Waals surface area contributed by atoms with Gasteiger partial charge in [-0.25, -0.2) is 4.79 Å². The molecular weight excluding hydrogens is 196 g/mol. The van der Waals surface area contributed by atoms with Crippen LogP contribution in [-0.2, 0) is 4.79 Å². The average molecular weight is 214 g/mol. The van der Waals surface area contributed by atoms with E-state index >= 15 is 0 Å². The summed E-state index contributed by atoms with van der Waals surface area (Å²) >= 11 is 0. The fourth-order valence-corrected chi connectivity index (χ4v) is 0.987. The van der Waals surface area contributed by atoms with E-state index in [1.165, 1.54) is 0 Å². The van der Waals surface area contributed by atoms with Gasteiger partial charge >= 0.3 is 12.0 Å². The van der Waals surface area contributed by atoms with Crippen LogP contribution < -0.4 is 10.6 Å². The van der Waals surface area contributed by atoms with Gasteiger partial charge in [0.15, 0.2) is 0 Å². The molecule has 0 saturated heterocycles. The molecule has 2 amide bonds. The largest absolute Gasteiger partial charge is 0.481 e. The number of carbonyl (C=O) groups is 2. The van der Waals surface area contributed by atoms with E-state index in [1.807, 2.05) is 0 Å². The highest BCUT2D eigenvalue weighted by Crippen LogP contribution is 1.98. The topological polar surface area (TPSA) is 78.4 Å². The second-order valence-electron chi connectivity index (χ2n) is 3.42. The number of rotatable bonds is 7. The maximum atomic E-state index is 11.1. The lowest BCUT2D eigenvalue weighted by atomic mass is 10.1. The Hall–Kier alpha value is -1.52. The minimum atomic E-state index is -0.851. The minimum absolute atomic E-state index is 0.0624. The first-order valence-corrected chi connectivity index (χ1v) is 4.90. The number of hydrogen-bond donors (Lipinski definition) is 3. The van der Waals surface area contributed by atoms with Crippen molar-refractivity contribution in [3.8, 4) is 0 Å². The van der Waals surface area contributed by atoms with E-state index in [0.29, 0.717) is 13.1 Å². The maximum absolute atomic E-state index is 11.1. The summed E-state index contributed by atoms with van der Waals surface area (Å²) in [6, 6.07) is -0.269. The Morgan fingerprint density at radius 1 is 1.47 bits per heavy atom. The van der Waals surface area contributed by atoms with Crippen molar-refractivity contribution >= 4 is 12.0 Å². The molecule has 0 aromatic heterocycles. The fourth-order valence-electron chi connectivity index (χ4n) is 0.987. The number of nitrogens with one attached hydrogen (secondary N) is 2. The highest BCUT2D eigenvalue weighted by atomic mass is 16.4. The zero-order chi connectivity index (χ0) is 11.7. The van der Waals surface area contributed by atoms with E-state index in [9.17, 15) is 9.59 Å². The third-order valence-corrected chi connectivity index (χ3v) is 1.77. The Labute approximate surface area is 89.6 Å². The van der Waals surface area contributed by atoms with Gasteiger partial charge < -0.3 is 15.7 Å². The van der Waals surface area contributed by atoms with E-state index in [0.717, 1.165) is 6.42 Å². The van der Waals surface area contributed by atoms with E-state index < -0.39 is 5.97 Å². The smallest absolute Gasteiger partial charge is 0.314 e. The molecule has 0 aromatic carbocycles. The van der Waals surface area contributed by atoms with E-state index in [-0.39, 0.29) is 18.4 Å². The third-order valence-electron chi connectivity index (χ3n) is 1.77. The predicted molar refractivity (Wildman–Crippen MR) is 57.6 cm³/mol. The van der Waals surface area contributed by atoms with Crippen LogP contribution in [0.2, 0.25) is 0 Å². The number of aliphatic carboxylic acids is 1. The molecule has 0 aliphatic rings. The molecule has 0 bridgehead atoms. The molecule has 0 fully saturated rings. The van der Waals surface area contributed by atoms with Gasteiger partial charge in [0.25, 0.3) is 0 Å². The van der Waals surface area contributed by atoms with E-state index in [2.05, 4.69) is 17.2 Å². The van der Waals surface area contributed by atoms with Gasteiger partial charge in [-0.2, -0.15) is 0 Å². The van der Waals surface area contributed by atoms with Crippen LogP contribution in [0.4, 0.5) is 4.79 Å². The molecule has 0 spiro atoms. The number of urea groups is 1. The lowest BCUT2D eigenvalue weighted by Gasteiger charge is -2.10. The maximum Gasteiger partial charge on any atom is 0.314 e. The molecule has 3 N–H and O–H groups in total. The molecule has 0 aromatic rings. The van der Waals surface area contributed by atoms with Crippen LogP contribution in [0.1, 0.15) is 19.8 Å². The number of carboxylic acid groups (broad SMARTS) is 1. The molecule has 15 heavy (non-hydrogen) atoms. The van der Waals surface area contributed by atoms with Gasteiger partial charge in [0, 0.05) is 19.5 Å². The van der Waals surface area contributed by atoms with Gasteiger partial charge in [-0.15, -0.1) is 6.58 Å². The Kier molecular flexibility index (Phi) is 7.05. The Balaban J connectivity index is 3.52. The molecule has 0 heterocycles. The van der Waals surface area contributed by atoms with Crippen molar-refractivity contribution in [2.75, 3.05) is 13.1 Å². The molecule has 86 valence electrons. The number of carboxylic acids is 1.